The van der Waals surface area contributed by atoms with E-state index in [-0.39, 0.29) is 11.7 Å². The average molecular weight is 248 g/mol. The lowest BCUT2D eigenvalue weighted by molar-refractivity contribution is -0.121. The van der Waals surface area contributed by atoms with E-state index in [9.17, 15) is 13.2 Å². The first-order valence-corrected chi connectivity index (χ1v) is 7.46. The van der Waals surface area contributed by atoms with Crippen LogP contribution in [-0.4, -0.2) is 26.6 Å². The highest BCUT2D eigenvalue weighted by Gasteiger charge is 2.17. The monoisotopic (exact) mass is 248 g/mol. The number of carbonyl (C=O) groups excluding carboxylic acids is 1. The van der Waals surface area contributed by atoms with E-state index in [1.165, 1.54) is 12.8 Å². The largest absolute Gasteiger partial charge is 0.356 e. The van der Waals surface area contributed by atoms with Gasteiger partial charge in [0.05, 0.1) is 5.75 Å². The molecule has 0 heterocycles. The Hall–Kier alpha value is -0.620. The zero-order valence-electron chi connectivity index (χ0n) is 9.44. The highest BCUT2D eigenvalue weighted by atomic mass is 32.2. The van der Waals surface area contributed by atoms with Gasteiger partial charge in [0, 0.05) is 13.0 Å². The van der Waals surface area contributed by atoms with Gasteiger partial charge in [-0.3, -0.25) is 4.79 Å². The molecule has 0 unspecified atom stereocenters. The highest BCUT2D eigenvalue weighted by molar-refractivity contribution is 7.89. The Morgan fingerprint density at radius 1 is 1.31 bits per heavy atom. The molecule has 16 heavy (non-hydrogen) atoms. The summed E-state index contributed by atoms with van der Waals surface area (Å²) in [6.45, 7) is 0.391. The predicted octanol–water partition coefficient (Wildman–Crippen LogP) is 0.361. The molecule has 3 N–H and O–H groups in total. The molecular formula is C10H20N2O3S. The molecule has 0 atom stereocenters. The van der Waals surface area contributed by atoms with Crippen molar-refractivity contribution in [3.05, 3.63) is 0 Å². The van der Waals surface area contributed by atoms with Crippen molar-refractivity contribution in [3.8, 4) is 0 Å². The molecule has 0 spiro atoms. The van der Waals surface area contributed by atoms with Crippen LogP contribution >= 0.6 is 0 Å². The minimum Gasteiger partial charge on any atom is -0.356 e. The van der Waals surface area contributed by atoms with Gasteiger partial charge < -0.3 is 5.32 Å². The van der Waals surface area contributed by atoms with Gasteiger partial charge in [-0.05, 0) is 25.2 Å². The molecule has 5 nitrogen and oxygen atoms in total. The third-order valence-electron chi connectivity index (χ3n) is 2.88. The molecule has 1 aliphatic carbocycles. The fourth-order valence-electron chi connectivity index (χ4n) is 2.05. The molecule has 1 rings (SSSR count). The number of hydrogen-bond donors (Lipinski definition) is 2. The Kier molecular flexibility index (Phi) is 5.21. The SMILES string of the molecule is NS(=O)(=O)CCCNC(=O)CC1CCCC1. The van der Waals surface area contributed by atoms with Crippen molar-refractivity contribution in [2.75, 3.05) is 12.3 Å². The number of primary sulfonamides is 1. The van der Waals surface area contributed by atoms with Crippen molar-refractivity contribution in [1.82, 2.24) is 5.32 Å². The highest BCUT2D eigenvalue weighted by Crippen LogP contribution is 2.27. The number of amides is 1. The van der Waals surface area contributed by atoms with E-state index in [0.717, 1.165) is 12.8 Å². The van der Waals surface area contributed by atoms with E-state index >= 15 is 0 Å². The van der Waals surface area contributed by atoms with Gasteiger partial charge in [-0.25, -0.2) is 13.6 Å². The third kappa shape index (κ3) is 6.07. The van der Waals surface area contributed by atoms with Crippen LogP contribution in [0.15, 0.2) is 0 Å². The predicted molar refractivity (Wildman–Crippen MR) is 62.2 cm³/mol. The summed E-state index contributed by atoms with van der Waals surface area (Å²) in [6, 6.07) is 0. The van der Waals surface area contributed by atoms with Gasteiger partial charge in [0.25, 0.3) is 0 Å². The zero-order valence-corrected chi connectivity index (χ0v) is 10.3. The van der Waals surface area contributed by atoms with Gasteiger partial charge in [-0.2, -0.15) is 0 Å². The quantitative estimate of drug-likeness (QED) is 0.665. The molecule has 6 heteroatoms. The summed E-state index contributed by atoms with van der Waals surface area (Å²) in [6.07, 6.45) is 5.70. The topological polar surface area (TPSA) is 89.3 Å². The van der Waals surface area contributed by atoms with Crippen molar-refractivity contribution in [2.45, 2.75) is 38.5 Å². The van der Waals surface area contributed by atoms with Crippen LogP contribution in [0.25, 0.3) is 0 Å². The van der Waals surface area contributed by atoms with E-state index in [0.29, 0.717) is 25.3 Å². The van der Waals surface area contributed by atoms with Crippen molar-refractivity contribution in [3.63, 3.8) is 0 Å². The van der Waals surface area contributed by atoms with Crippen LogP contribution in [-0.2, 0) is 14.8 Å². The first kappa shape index (κ1) is 13.4. The van der Waals surface area contributed by atoms with Gasteiger partial charge in [0.1, 0.15) is 0 Å². The molecule has 0 radical (unpaired) electrons. The normalized spacial score (nSPS) is 17.6. The Balaban J connectivity index is 2.06. The minimum absolute atomic E-state index is 0.0290. The number of sulfonamides is 1. The van der Waals surface area contributed by atoms with Crippen LogP contribution in [0.2, 0.25) is 0 Å². The molecular weight excluding hydrogens is 228 g/mol. The van der Waals surface area contributed by atoms with Crippen molar-refractivity contribution < 1.29 is 13.2 Å². The molecule has 0 aromatic carbocycles. The fraction of sp³-hybridized carbons (Fsp3) is 0.900. The second kappa shape index (κ2) is 6.20. The maximum atomic E-state index is 11.4. The van der Waals surface area contributed by atoms with Gasteiger partial charge >= 0.3 is 0 Å². The first-order valence-electron chi connectivity index (χ1n) is 5.74. The third-order valence-corrected chi connectivity index (χ3v) is 3.73. The molecule has 0 aromatic rings. The minimum atomic E-state index is -3.40. The fourth-order valence-corrected chi connectivity index (χ4v) is 2.60. The van der Waals surface area contributed by atoms with Crippen LogP contribution < -0.4 is 10.5 Å². The van der Waals surface area contributed by atoms with Crippen LogP contribution in [0.1, 0.15) is 38.5 Å². The number of carbonyl (C=O) groups is 1. The van der Waals surface area contributed by atoms with Crippen molar-refractivity contribution in [2.24, 2.45) is 11.1 Å². The number of hydrogen-bond acceptors (Lipinski definition) is 3. The zero-order chi connectivity index (χ0) is 12.0. The number of nitrogens with one attached hydrogen (secondary N) is 1. The molecule has 1 aliphatic rings. The lowest BCUT2D eigenvalue weighted by Gasteiger charge is -2.09. The molecule has 0 aromatic heterocycles. The van der Waals surface area contributed by atoms with E-state index in [1.807, 2.05) is 0 Å². The van der Waals surface area contributed by atoms with Crippen LogP contribution in [0.5, 0.6) is 0 Å². The maximum absolute atomic E-state index is 11.4. The number of nitrogens with two attached hydrogens (primary N) is 1. The summed E-state index contributed by atoms with van der Waals surface area (Å²) < 4.78 is 21.2. The van der Waals surface area contributed by atoms with E-state index < -0.39 is 10.0 Å². The summed E-state index contributed by atoms with van der Waals surface area (Å²) in [5.41, 5.74) is 0. The van der Waals surface area contributed by atoms with Crippen LogP contribution in [0.3, 0.4) is 0 Å². The van der Waals surface area contributed by atoms with Gasteiger partial charge in [-0.15, -0.1) is 0 Å². The second-order valence-corrected chi connectivity index (χ2v) is 6.16. The first-order chi connectivity index (χ1) is 7.47. The Bertz CT molecular complexity index is 321. The number of rotatable bonds is 6. The Morgan fingerprint density at radius 2 is 1.94 bits per heavy atom. The van der Waals surface area contributed by atoms with Crippen LogP contribution in [0, 0.1) is 5.92 Å². The molecule has 1 fully saturated rings. The van der Waals surface area contributed by atoms with Crippen molar-refractivity contribution >= 4 is 15.9 Å². The lowest BCUT2D eigenvalue weighted by Crippen LogP contribution is -2.28. The summed E-state index contributed by atoms with van der Waals surface area (Å²) in [7, 11) is -3.40. The maximum Gasteiger partial charge on any atom is 0.220 e. The standard InChI is InChI=1S/C10H20N2O3S/c11-16(14,15)7-3-6-12-10(13)8-9-4-1-2-5-9/h9H,1-8H2,(H,12,13)(H2,11,14,15). The Morgan fingerprint density at radius 3 is 2.50 bits per heavy atom. The molecule has 1 saturated carbocycles. The van der Waals surface area contributed by atoms with E-state index in [4.69, 9.17) is 5.14 Å². The summed E-state index contributed by atoms with van der Waals surface area (Å²) in [5, 5.41) is 7.57. The second-order valence-electron chi connectivity index (χ2n) is 4.43. The van der Waals surface area contributed by atoms with Crippen molar-refractivity contribution in [1.29, 1.82) is 0 Å². The molecule has 0 bridgehead atoms. The average Bonchev–Trinajstić information content (AvgIpc) is 2.63. The smallest absolute Gasteiger partial charge is 0.220 e. The van der Waals surface area contributed by atoms with E-state index in [2.05, 4.69) is 5.32 Å². The summed E-state index contributed by atoms with van der Waals surface area (Å²) in [5.74, 6) is 0.482. The summed E-state index contributed by atoms with van der Waals surface area (Å²) >= 11 is 0. The van der Waals surface area contributed by atoms with Gasteiger partial charge in [0.2, 0.25) is 15.9 Å². The van der Waals surface area contributed by atoms with Gasteiger partial charge in [0.15, 0.2) is 0 Å². The molecule has 0 saturated heterocycles. The van der Waals surface area contributed by atoms with E-state index in [1.54, 1.807) is 0 Å². The molecule has 0 aliphatic heterocycles. The van der Waals surface area contributed by atoms with Gasteiger partial charge in [-0.1, -0.05) is 12.8 Å². The lowest BCUT2D eigenvalue weighted by atomic mass is 10.0. The van der Waals surface area contributed by atoms with Crippen LogP contribution in [0.4, 0.5) is 0 Å². The Labute approximate surface area is 96.8 Å². The molecule has 1 amide bonds. The summed E-state index contributed by atoms with van der Waals surface area (Å²) in [4.78, 5) is 11.4. The molecule has 94 valence electrons.